The van der Waals surface area contributed by atoms with Gasteiger partial charge in [0.2, 0.25) is 0 Å². The number of thioether (sulfide) groups is 1. The summed E-state index contributed by atoms with van der Waals surface area (Å²) in [5.41, 5.74) is 3.05. The molecular formula is C31H56O4PS+. The molecule has 0 aromatic heterocycles. The Morgan fingerprint density at radius 3 is 2.27 bits per heavy atom. The first-order valence-corrected chi connectivity index (χ1v) is 17.4. The minimum absolute atomic E-state index is 0.254. The highest BCUT2D eigenvalue weighted by molar-refractivity contribution is 7.99. The maximum absolute atomic E-state index is 10.4. The van der Waals surface area contributed by atoms with Crippen molar-refractivity contribution in [3.63, 3.8) is 0 Å². The molecule has 1 aromatic rings. The van der Waals surface area contributed by atoms with Gasteiger partial charge in [-0.05, 0) is 74.0 Å². The smallest absolute Gasteiger partial charge is 0.378 e. The van der Waals surface area contributed by atoms with Gasteiger partial charge in [0.05, 0.1) is 6.10 Å². The molecule has 1 N–H and O–H groups in total. The van der Waals surface area contributed by atoms with Crippen molar-refractivity contribution < 1.29 is 18.7 Å². The average Bonchev–Trinajstić information content (AvgIpc) is 2.90. The highest BCUT2D eigenvalue weighted by Gasteiger charge is 2.12. The van der Waals surface area contributed by atoms with Gasteiger partial charge in [-0.2, -0.15) is 11.8 Å². The van der Waals surface area contributed by atoms with Gasteiger partial charge in [-0.1, -0.05) is 102 Å². The van der Waals surface area contributed by atoms with Crippen LogP contribution >= 0.6 is 20.0 Å². The molecule has 3 unspecified atom stereocenters. The van der Waals surface area contributed by atoms with Crippen LogP contribution in [0.15, 0.2) is 24.3 Å². The molecule has 6 heteroatoms. The van der Waals surface area contributed by atoms with Crippen LogP contribution in [0.3, 0.4) is 0 Å². The normalized spacial score (nSPS) is 13.6. The first-order chi connectivity index (χ1) is 18.1. The van der Waals surface area contributed by atoms with Crippen molar-refractivity contribution in [2.45, 2.75) is 136 Å². The van der Waals surface area contributed by atoms with E-state index in [1.807, 2.05) is 0 Å². The summed E-state index contributed by atoms with van der Waals surface area (Å²) in [6, 6.07) is 9.37. The van der Waals surface area contributed by atoms with Crippen LogP contribution in [0.1, 0.15) is 134 Å². The van der Waals surface area contributed by atoms with E-state index in [2.05, 4.69) is 61.3 Å². The summed E-state index contributed by atoms with van der Waals surface area (Å²) in [6.45, 7) is 7.54. The number of hydrogen-bond acceptors (Lipinski definition) is 4. The zero-order chi connectivity index (χ0) is 27.0. The third-order valence-electron chi connectivity index (χ3n) is 7.14. The summed E-state index contributed by atoms with van der Waals surface area (Å²) in [5.74, 6) is 3.32. The highest BCUT2D eigenvalue weighted by Crippen LogP contribution is 2.29. The molecule has 3 atom stereocenters. The van der Waals surface area contributed by atoms with Crippen molar-refractivity contribution in [2.75, 3.05) is 24.7 Å². The van der Waals surface area contributed by atoms with Gasteiger partial charge < -0.3 is 4.74 Å². The first-order valence-electron chi connectivity index (χ1n) is 15.1. The van der Waals surface area contributed by atoms with Gasteiger partial charge in [-0.3, -0.25) is 0 Å². The summed E-state index contributed by atoms with van der Waals surface area (Å²) in [4.78, 5) is 8.58. The van der Waals surface area contributed by atoms with E-state index < -0.39 is 8.25 Å². The molecule has 0 aliphatic heterocycles. The van der Waals surface area contributed by atoms with E-state index in [1.165, 1.54) is 101 Å². The minimum atomic E-state index is -2.48. The Bertz CT molecular complexity index is 672. The number of benzene rings is 1. The molecule has 4 nitrogen and oxygen atoms in total. The molecule has 0 saturated heterocycles. The Kier molecular flexibility index (Phi) is 23.0. The van der Waals surface area contributed by atoms with Gasteiger partial charge in [0, 0.05) is 11.2 Å². The van der Waals surface area contributed by atoms with Crippen LogP contribution in [-0.2, 0) is 20.2 Å². The van der Waals surface area contributed by atoms with Crippen molar-refractivity contribution in [3.8, 4) is 0 Å². The van der Waals surface area contributed by atoms with Crippen LogP contribution < -0.4 is 0 Å². The fourth-order valence-electron chi connectivity index (χ4n) is 4.78. The number of ether oxygens (including phenoxy) is 1. The van der Waals surface area contributed by atoms with Crippen LogP contribution in [0.4, 0.5) is 0 Å². The van der Waals surface area contributed by atoms with Crippen LogP contribution in [0.25, 0.3) is 0 Å². The van der Waals surface area contributed by atoms with E-state index in [-0.39, 0.29) is 12.7 Å². The summed E-state index contributed by atoms with van der Waals surface area (Å²) in [5, 5.41) is 0. The first kappa shape index (κ1) is 34.6. The Morgan fingerprint density at radius 1 is 0.838 bits per heavy atom. The molecule has 0 bridgehead atoms. The van der Waals surface area contributed by atoms with Gasteiger partial charge in [-0.25, -0.2) is 0 Å². The molecule has 0 amide bonds. The molecule has 37 heavy (non-hydrogen) atoms. The van der Waals surface area contributed by atoms with Crippen molar-refractivity contribution in [1.29, 1.82) is 0 Å². The number of hydrogen-bond donors (Lipinski definition) is 1. The predicted octanol–water partition coefficient (Wildman–Crippen LogP) is 10.0. The molecule has 0 radical (unpaired) electrons. The number of unbranched alkanes of at least 4 members (excludes halogenated alkanes) is 9. The Hall–Kier alpha value is -0.450. The van der Waals surface area contributed by atoms with Crippen LogP contribution in [0.2, 0.25) is 0 Å². The van der Waals surface area contributed by atoms with Crippen LogP contribution in [0, 0.1) is 0 Å². The topological polar surface area (TPSA) is 55.8 Å². The van der Waals surface area contributed by atoms with Crippen molar-refractivity contribution >= 4 is 20.0 Å². The molecule has 0 aliphatic rings. The predicted molar refractivity (Wildman–Crippen MR) is 162 cm³/mol. The van der Waals surface area contributed by atoms with Crippen molar-refractivity contribution in [3.05, 3.63) is 35.4 Å². The standard InChI is InChI=1S/C31H55O4PS/c1-4-6-7-10-14-20-30(31-21-16-19-29(5-2)27-31)22-26-37-25-15-12-9-8-11-13-18-28(3)34-23-17-24-35-36(32)33/h16,19,21,27-28,30H,4-15,17-18,20,22-26H2,1-3H3/p+1. The summed E-state index contributed by atoms with van der Waals surface area (Å²) in [6.07, 6.45) is 20.5. The lowest BCUT2D eigenvalue weighted by atomic mass is 9.89. The number of rotatable bonds is 26. The lowest BCUT2D eigenvalue weighted by Crippen LogP contribution is -2.10. The maximum Gasteiger partial charge on any atom is 0.694 e. The SMILES string of the molecule is CCCCCCCC(CCSCCCCCCCCC(C)OCCCO[P+](=O)O)c1cccc(CC)c1. The third kappa shape index (κ3) is 20.2. The summed E-state index contributed by atoms with van der Waals surface area (Å²) in [7, 11) is -2.48. The highest BCUT2D eigenvalue weighted by atomic mass is 32.2. The lowest BCUT2D eigenvalue weighted by Gasteiger charge is -2.18. The quantitative estimate of drug-likeness (QED) is 0.0910. The zero-order valence-electron chi connectivity index (χ0n) is 24.1. The third-order valence-corrected chi connectivity index (χ3v) is 8.64. The second-order valence-electron chi connectivity index (χ2n) is 10.4. The lowest BCUT2D eigenvalue weighted by molar-refractivity contribution is 0.0505. The van der Waals surface area contributed by atoms with Gasteiger partial charge in [0.15, 0.2) is 0 Å². The van der Waals surface area contributed by atoms with Crippen molar-refractivity contribution in [2.24, 2.45) is 0 Å². The molecule has 0 saturated carbocycles. The number of aryl methyl sites for hydroxylation is 1. The fraction of sp³-hybridized carbons (Fsp3) is 0.806. The Morgan fingerprint density at radius 2 is 1.54 bits per heavy atom. The van der Waals surface area contributed by atoms with E-state index in [9.17, 15) is 4.57 Å². The fourth-order valence-corrected chi connectivity index (χ4v) is 6.13. The molecule has 0 fully saturated rings. The van der Waals surface area contributed by atoms with Gasteiger partial charge in [0.1, 0.15) is 6.61 Å². The Balaban J connectivity index is 2.08. The largest absolute Gasteiger partial charge is 0.694 e. The van der Waals surface area contributed by atoms with E-state index in [0.717, 1.165) is 18.8 Å². The van der Waals surface area contributed by atoms with Gasteiger partial charge >= 0.3 is 8.25 Å². The molecule has 214 valence electrons. The molecule has 0 heterocycles. The zero-order valence-corrected chi connectivity index (χ0v) is 25.8. The van der Waals surface area contributed by atoms with Crippen molar-refractivity contribution in [1.82, 2.24) is 0 Å². The molecule has 0 spiro atoms. The molecule has 0 aliphatic carbocycles. The summed E-state index contributed by atoms with van der Waals surface area (Å²) >= 11 is 2.16. The molecule has 1 aromatic carbocycles. The Labute approximate surface area is 234 Å². The summed E-state index contributed by atoms with van der Waals surface area (Å²) < 4.78 is 20.8. The monoisotopic (exact) mass is 555 g/mol. The van der Waals surface area contributed by atoms with Crippen LogP contribution in [-0.4, -0.2) is 35.7 Å². The molecule has 1 rings (SSSR count). The maximum atomic E-state index is 10.4. The minimum Gasteiger partial charge on any atom is -0.378 e. The van der Waals surface area contributed by atoms with Gasteiger partial charge in [0.25, 0.3) is 0 Å². The molecular weight excluding hydrogens is 499 g/mol. The van der Waals surface area contributed by atoms with E-state index in [0.29, 0.717) is 13.0 Å². The second kappa shape index (κ2) is 24.6. The van der Waals surface area contributed by atoms with E-state index >= 15 is 0 Å². The second-order valence-corrected chi connectivity index (χ2v) is 12.4. The van der Waals surface area contributed by atoms with Gasteiger partial charge in [-0.15, -0.1) is 9.42 Å². The van der Waals surface area contributed by atoms with E-state index in [4.69, 9.17) is 9.63 Å². The van der Waals surface area contributed by atoms with E-state index in [1.54, 1.807) is 5.56 Å². The van der Waals surface area contributed by atoms with Crippen LogP contribution in [0.5, 0.6) is 0 Å². The average molecular weight is 556 g/mol.